The predicted octanol–water partition coefficient (Wildman–Crippen LogP) is 3.87. The third-order valence-electron chi connectivity index (χ3n) is 3.81. The molecule has 3 nitrogen and oxygen atoms in total. The molecule has 1 aliphatic rings. The first-order valence-electron chi connectivity index (χ1n) is 6.99. The number of carbonyl (C=O) groups excluding carboxylic acids is 1. The molecule has 0 aromatic rings. The van der Waals surface area contributed by atoms with Crippen molar-refractivity contribution in [1.82, 2.24) is 0 Å². The fourth-order valence-electron chi connectivity index (χ4n) is 2.77. The van der Waals surface area contributed by atoms with Crippen molar-refractivity contribution < 1.29 is 14.6 Å². The van der Waals surface area contributed by atoms with Gasteiger partial charge < -0.3 is 0 Å². The molecular formula is C14H26O3. The van der Waals surface area contributed by atoms with Crippen molar-refractivity contribution in [3.63, 3.8) is 0 Å². The molecule has 0 aromatic heterocycles. The second kappa shape index (κ2) is 8.51. The highest BCUT2D eigenvalue weighted by atomic mass is 17.2. The first-order valence-corrected chi connectivity index (χ1v) is 6.99. The summed E-state index contributed by atoms with van der Waals surface area (Å²) >= 11 is 0. The molecule has 1 rings (SSSR count). The van der Waals surface area contributed by atoms with Gasteiger partial charge in [0.15, 0.2) is 0 Å². The van der Waals surface area contributed by atoms with Crippen LogP contribution in [-0.2, 0) is 14.6 Å². The molecule has 1 fully saturated rings. The maximum absolute atomic E-state index is 11.3. The molecule has 1 saturated carbocycles. The van der Waals surface area contributed by atoms with E-state index in [-0.39, 0.29) is 5.97 Å². The van der Waals surface area contributed by atoms with Crippen LogP contribution < -0.4 is 0 Å². The lowest BCUT2D eigenvalue weighted by molar-refractivity contribution is -0.256. The van der Waals surface area contributed by atoms with Crippen molar-refractivity contribution in [3.05, 3.63) is 0 Å². The van der Waals surface area contributed by atoms with Crippen molar-refractivity contribution in [3.8, 4) is 0 Å². The van der Waals surface area contributed by atoms with Gasteiger partial charge in [-0.05, 0) is 24.7 Å². The first-order chi connectivity index (χ1) is 8.26. The summed E-state index contributed by atoms with van der Waals surface area (Å²) in [5.74, 6) is 1.19. The number of unbranched alkanes of at least 4 members (excludes halogenated alkanes) is 2. The summed E-state index contributed by atoms with van der Waals surface area (Å²) in [4.78, 5) is 20.2. The Hall–Kier alpha value is -0.570. The van der Waals surface area contributed by atoms with Crippen LogP contribution in [-0.4, -0.2) is 13.1 Å². The van der Waals surface area contributed by atoms with Crippen molar-refractivity contribution in [2.75, 3.05) is 7.11 Å². The van der Waals surface area contributed by atoms with Crippen molar-refractivity contribution >= 4 is 5.97 Å². The van der Waals surface area contributed by atoms with Crippen LogP contribution in [0.5, 0.6) is 0 Å². The third kappa shape index (κ3) is 6.06. The molecule has 0 saturated heterocycles. The number of hydrogen-bond donors (Lipinski definition) is 0. The van der Waals surface area contributed by atoms with Crippen LogP contribution in [0, 0.1) is 11.8 Å². The van der Waals surface area contributed by atoms with Gasteiger partial charge >= 0.3 is 5.97 Å². The van der Waals surface area contributed by atoms with Crippen LogP contribution >= 0.6 is 0 Å². The standard InChI is InChI=1S/C14H26O3/c1-3-4-5-6-12-7-9-13(10-8-12)11-14(15)17-16-2/h12-13H,3-11H2,1-2H3. The minimum atomic E-state index is -0.220. The van der Waals surface area contributed by atoms with E-state index in [2.05, 4.69) is 16.7 Å². The molecule has 0 heterocycles. The summed E-state index contributed by atoms with van der Waals surface area (Å²) in [6.45, 7) is 2.25. The molecule has 0 aromatic carbocycles. The third-order valence-corrected chi connectivity index (χ3v) is 3.81. The van der Waals surface area contributed by atoms with E-state index in [1.54, 1.807) is 0 Å². The molecule has 0 bridgehead atoms. The van der Waals surface area contributed by atoms with Crippen LogP contribution in [0.25, 0.3) is 0 Å². The molecule has 0 aliphatic heterocycles. The molecule has 0 N–H and O–H groups in total. The molecular weight excluding hydrogens is 216 g/mol. The second-order valence-corrected chi connectivity index (χ2v) is 5.21. The predicted molar refractivity (Wildman–Crippen MR) is 67.3 cm³/mol. The summed E-state index contributed by atoms with van der Waals surface area (Å²) in [6, 6.07) is 0. The zero-order chi connectivity index (χ0) is 12.5. The zero-order valence-electron chi connectivity index (χ0n) is 11.2. The summed E-state index contributed by atoms with van der Waals surface area (Å²) in [5.41, 5.74) is 0. The molecule has 0 amide bonds. The van der Waals surface area contributed by atoms with Gasteiger partial charge in [-0.1, -0.05) is 45.4 Å². The molecule has 0 radical (unpaired) electrons. The van der Waals surface area contributed by atoms with Crippen LogP contribution in [0.1, 0.15) is 64.7 Å². The van der Waals surface area contributed by atoms with Gasteiger partial charge in [0.05, 0.1) is 13.5 Å². The fourth-order valence-corrected chi connectivity index (χ4v) is 2.77. The van der Waals surface area contributed by atoms with Crippen LogP contribution in [0.3, 0.4) is 0 Å². The van der Waals surface area contributed by atoms with Crippen LogP contribution in [0.15, 0.2) is 0 Å². The minimum Gasteiger partial charge on any atom is -0.299 e. The average molecular weight is 242 g/mol. The lowest BCUT2D eigenvalue weighted by Crippen LogP contribution is -2.18. The summed E-state index contributed by atoms with van der Waals surface area (Å²) in [6.07, 6.45) is 10.9. The van der Waals surface area contributed by atoms with Gasteiger partial charge in [0, 0.05) is 0 Å². The Balaban J connectivity index is 2.10. The summed E-state index contributed by atoms with van der Waals surface area (Å²) in [5, 5.41) is 0. The molecule has 0 unspecified atom stereocenters. The molecule has 17 heavy (non-hydrogen) atoms. The largest absolute Gasteiger partial charge is 0.342 e. The van der Waals surface area contributed by atoms with Gasteiger partial charge in [-0.3, -0.25) is 4.89 Å². The van der Waals surface area contributed by atoms with Gasteiger partial charge in [0.2, 0.25) is 0 Å². The van der Waals surface area contributed by atoms with Gasteiger partial charge in [-0.2, -0.15) is 4.89 Å². The van der Waals surface area contributed by atoms with Gasteiger partial charge in [-0.25, -0.2) is 4.79 Å². The lowest BCUT2D eigenvalue weighted by Gasteiger charge is -2.27. The summed E-state index contributed by atoms with van der Waals surface area (Å²) in [7, 11) is 1.38. The Labute approximate surface area is 105 Å². The Kier molecular flexibility index (Phi) is 7.25. The zero-order valence-corrected chi connectivity index (χ0v) is 11.2. The Morgan fingerprint density at radius 2 is 1.76 bits per heavy atom. The van der Waals surface area contributed by atoms with E-state index in [1.807, 2.05) is 0 Å². The Bertz CT molecular complexity index is 208. The van der Waals surface area contributed by atoms with Crippen molar-refractivity contribution in [2.45, 2.75) is 64.7 Å². The quantitative estimate of drug-likeness (QED) is 0.386. The molecule has 0 atom stereocenters. The van der Waals surface area contributed by atoms with Crippen molar-refractivity contribution in [2.24, 2.45) is 11.8 Å². The van der Waals surface area contributed by atoms with Gasteiger partial charge in [0.1, 0.15) is 0 Å². The van der Waals surface area contributed by atoms with E-state index >= 15 is 0 Å². The normalized spacial score (nSPS) is 24.6. The van der Waals surface area contributed by atoms with E-state index < -0.39 is 0 Å². The van der Waals surface area contributed by atoms with Crippen molar-refractivity contribution in [1.29, 1.82) is 0 Å². The van der Waals surface area contributed by atoms with E-state index in [9.17, 15) is 4.79 Å². The maximum Gasteiger partial charge on any atom is 0.342 e. The number of hydrogen-bond acceptors (Lipinski definition) is 3. The SMILES string of the molecule is CCCCCC1CCC(CC(=O)OOC)CC1. The molecule has 100 valence electrons. The molecule has 0 spiro atoms. The monoisotopic (exact) mass is 242 g/mol. The topological polar surface area (TPSA) is 35.5 Å². The average Bonchev–Trinajstić information content (AvgIpc) is 2.32. The number of carbonyl (C=O) groups is 1. The van der Waals surface area contributed by atoms with E-state index in [0.717, 1.165) is 5.92 Å². The number of rotatable bonds is 7. The fraction of sp³-hybridized carbons (Fsp3) is 0.929. The highest BCUT2D eigenvalue weighted by molar-refractivity contribution is 5.68. The highest BCUT2D eigenvalue weighted by Crippen LogP contribution is 2.33. The highest BCUT2D eigenvalue weighted by Gasteiger charge is 2.23. The van der Waals surface area contributed by atoms with Crippen LogP contribution in [0.4, 0.5) is 0 Å². The van der Waals surface area contributed by atoms with E-state index in [0.29, 0.717) is 12.3 Å². The van der Waals surface area contributed by atoms with E-state index in [4.69, 9.17) is 0 Å². The lowest BCUT2D eigenvalue weighted by atomic mass is 9.78. The van der Waals surface area contributed by atoms with Crippen LogP contribution in [0.2, 0.25) is 0 Å². The van der Waals surface area contributed by atoms with Gasteiger partial charge in [-0.15, -0.1) is 0 Å². The Morgan fingerprint density at radius 3 is 2.35 bits per heavy atom. The smallest absolute Gasteiger partial charge is 0.299 e. The van der Waals surface area contributed by atoms with Gasteiger partial charge in [0.25, 0.3) is 0 Å². The summed E-state index contributed by atoms with van der Waals surface area (Å²) < 4.78 is 0. The van der Waals surface area contributed by atoms with E-state index in [1.165, 1.54) is 58.5 Å². The first kappa shape index (κ1) is 14.5. The minimum absolute atomic E-state index is 0.220. The molecule has 3 heteroatoms. The molecule has 1 aliphatic carbocycles. The Morgan fingerprint density at radius 1 is 1.12 bits per heavy atom. The second-order valence-electron chi connectivity index (χ2n) is 5.21. The maximum atomic E-state index is 11.3.